The van der Waals surface area contributed by atoms with Crippen LogP contribution in [0.3, 0.4) is 0 Å². The van der Waals surface area contributed by atoms with Crippen LogP contribution in [-0.4, -0.2) is 32.2 Å². The fraction of sp³-hybridized carbons (Fsp3) is 0.160. The zero-order valence-corrected chi connectivity index (χ0v) is 19.3. The number of benzene rings is 2. The van der Waals surface area contributed by atoms with E-state index in [0.717, 1.165) is 17.1 Å². The fourth-order valence-electron chi connectivity index (χ4n) is 3.68. The van der Waals surface area contributed by atoms with Crippen molar-refractivity contribution in [3.63, 3.8) is 0 Å². The van der Waals surface area contributed by atoms with Gasteiger partial charge in [0.25, 0.3) is 5.91 Å². The number of imidazole rings is 1. The molecule has 2 heterocycles. The van der Waals surface area contributed by atoms with Gasteiger partial charge < -0.3 is 20.7 Å². The van der Waals surface area contributed by atoms with Crippen molar-refractivity contribution in [3.8, 4) is 22.4 Å². The van der Waals surface area contributed by atoms with Gasteiger partial charge in [0, 0.05) is 29.4 Å². The number of aromatic nitrogens is 3. The predicted octanol–water partition coefficient (Wildman–Crippen LogP) is 4.30. The van der Waals surface area contributed by atoms with Gasteiger partial charge in [-0.15, -0.1) is 0 Å². The Balaban J connectivity index is 1.61. The number of pyridine rings is 1. The van der Waals surface area contributed by atoms with Crippen molar-refractivity contribution in [1.29, 1.82) is 0 Å². The van der Waals surface area contributed by atoms with Crippen molar-refractivity contribution >= 4 is 23.3 Å². The molecule has 0 saturated heterocycles. The van der Waals surface area contributed by atoms with Gasteiger partial charge in [0.05, 0.1) is 30.1 Å². The standard InChI is InChI=1S/C25H23ClFN5O2/c1-14-29-12-23(32(14)2)17-9-20(24(28)30-11-17)15-6-7-19(21(27)10-15)25(34)31-22(13-33)16-4-3-5-18(26)8-16/h3-12,22,33H,13H2,1-2H3,(H2,28,30)(H,31,34). The molecule has 0 aliphatic heterocycles. The first kappa shape index (κ1) is 23.4. The Bertz CT molecular complexity index is 1370. The summed E-state index contributed by atoms with van der Waals surface area (Å²) < 4.78 is 16.9. The maximum atomic E-state index is 15.0. The van der Waals surface area contributed by atoms with E-state index in [9.17, 15) is 9.90 Å². The van der Waals surface area contributed by atoms with E-state index < -0.39 is 17.8 Å². The summed E-state index contributed by atoms with van der Waals surface area (Å²) in [4.78, 5) is 21.3. The maximum Gasteiger partial charge on any atom is 0.254 e. The van der Waals surface area contributed by atoms with Gasteiger partial charge in [0.1, 0.15) is 17.5 Å². The van der Waals surface area contributed by atoms with Crippen LogP contribution >= 0.6 is 11.6 Å². The molecule has 1 amide bonds. The van der Waals surface area contributed by atoms with E-state index in [1.807, 2.05) is 24.6 Å². The third-order valence-corrected chi connectivity index (χ3v) is 5.93. The number of halogens is 2. The van der Waals surface area contributed by atoms with Crippen LogP contribution < -0.4 is 11.1 Å². The highest BCUT2D eigenvalue weighted by Gasteiger charge is 2.19. The second-order valence-corrected chi connectivity index (χ2v) is 8.30. The largest absolute Gasteiger partial charge is 0.394 e. The number of hydrogen-bond acceptors (Lipinski definition) is 5. The zero-order valence-electron chi connectivity index (χ0n) is 18.6. The molecule has 1 unspecified atom stereocenters. The van der Waals surface area contributed by atoms with Crippen LogP contribution in [0.1, 0.15) is 27.8 Å². The van der Waals surface area contributed by atoms with Gasteiger partial charge in [-0.25, -0.2) is 14.4 Å². The lowest BCUT2D eigenvalue weighted by atomic mass is 10.0. The topological polar surface area (TPSA) is 106 Å². The van der Waals surface area contributed by atoms with Crippen molar-refractivity contribution in [2.45, 2.75) is 13.0 Å². The van der Waals surface area contributed by atoms with Gasteiger partial charge in [-0.3, -0.25) is 4.79 Å². The van der Waals surface area contributed by atoms with E-state index in [4.69, 9.17) is 17.3 Å². The molecule has 4 aromatic rings. The van der Waals surface area contributed by atoms with Gasteiger partial charge in [0.15, 0.2) is 0 Å². The smallest absolute Gasteiger partial charge is 0.254 e. The SMILES string of the molecule is Cc1ncc(-c2cnc(N)c(-c3ccc(C(=O)NC(CO)c4cccc(Cl)c4)c(F)c3)c2)n1C. The second-order valence-electron chi connectivity index (χ2n) is 7.86. The predicted molar refractivity (Wildman–Crippen MR) is 130 cm³/mol. The molecule has 2 aromatic heterocycles. The Hall–Kier alpha value is -3.75. The van der Waals surface area contributed by atoms with Crippen LogP contribution in [0, 0.1) is 12.7 Å². The van der Waals surface area contributed by atoms with Gasteiger partial charge in [-0.2, -0.15) is 0 Å². The van der Waals surface area contributed by atoms with Crippen LogP contribution in [0.5, 0.6) is 0 Å². The van der Waals surface area contributed by atoms with Gasteiger partial charge in [-0.05, 0) is 48.4 Å². The molecule has 0 spiro atoms. The van der Waals surface area contributed by atoms with Gasteiger partial charge >= 0.3 is 0 Å². The summed E-state index contributed by atoms with van der Waals surface area (Å²) in [6.07, 6.45) is 3.37. The highest BCUT2D eigenvalue weighted by molar-refractivity contribution is 6.30. The third-order valence-electron chi connectivity index (χ3n) is 5.70. The van der Waals surface area contributed by atoms with E-state index in [2.05, 4.69) is 15.3 Å². The molecule has 1 atom stereocenters. The Morgan fingerprint density at radius 2 is 1.97 bits per heavy atom. The van der Waals surface area contributed by atoms with Crippen molar-refractivity contribution in [3.05, 3.63) is 88.7 Å². The first-order valence-electron chi connectivity index (χ1n) is 10.5. The minimum absolute atomic E-state index is 0.158. The Morgan fingerprint density at radius 3 is 2.62 bits per heavy atom. The number of carbonyl (C=O) groups excluding carboxylic acids is 1. The van der Waals surface area contributed by atoms with Crippen molar-refractivity contribution in [2.24, 2.45) is 7.05 Å². The van der Waals surface area contributed by atoms with Crippen molar-refractivity contribution in [1.82, 2.24) is 19.9 Å². The maximum absolute atomic E-state index is 15.0. The van der Waals surface area contributed by atoms with Crippen LogP contribution in [0.4, 0.5) is 10.2 Å². The summed E-state index contributed by atoms with van der Waals surface area (Å²) in [5.74, 6) is -0.304. The van der Waals surface area contributed by atoms with E-state index in [-0.39, 0.29) is 18.0 Å². The summed E-state index contributed by atoms with van der Waals surface area (Å²) in [6.45, 7) is 1.52. The Morgan fingerprint density at radius 1 is 1.18 bits per heavy atom. The third kappa shape index (κ3) is 4.64. The second kappa shape index (κ2) is 9.62. The summed E-state index contributed by atoms with van der Waals surface area (Å²) in [5.41, 5.74) is 9.17. The lowest BCUT2D eigenvalue weighted by Crippen LogP contribution is -2.31. The molecule has 34 heavy (non-hydrogen) atoms. The quantitative estimate of drug-likeness (QED) is 0.382. The molecule has 0 radical (unpaired) electrons. The van der Waals surface area contributed by atoms with Crippen LogP contribution in [0.25, 0.3) is 22.4 Å². The number of aryl methyl sites for hydroxylation is 1. The number of carbonyl (C=O) groups is 1. The number of nitrogens with two attached hydrogens (primary N) is 1. The van der Waals surface area contributed by atoms with E-state index in [1.54, 1.807) is 42.7 Å². The number of amides is 1. The number of nitrogens with one attached hydrogen (secondary N) is 1. The lowest BCUT2D eigenvalue weighted by Gasteiger charge is -2.17. The summed E-state index contributed by atoms with van der Waals surface area (Å²) >= 11 is 6.00. The molecule has 4 rings (SSSR count). The fourth-order valence-corrected chi connectivity index (χ4v) is 3.88. The normalized spacial score (nSPS) is 11.9. The summed E-state index contributed by atoms with van der Waals surface area (Å²) in [7, 11) is 1.89. The minimum Gasteiger partial charge on any atom is -0.394 e. The number of nitrogen functional groups attached to an aromatic ring is 1. The number of aliphatic hydroxyl groups excluding tert-OH is 1. The molecule has 174 valence electrons. The highest BCUT2D eigenvalue weighted by Crippen LogP contribution is 2.31. The molecule has 0 fully saturated rings. The Kier molecular flexibility index (Phi) is 6.63. The van der Waals surface area contributed by atoms with Gasteiger partial charge in [0.2, 0.25) is 0 Å². The molecule has 0 aliphatic carbocycles. The summed E-state index contributed by atoms with van der Waals surface area (Å²) in [6, 6.07) is 12.1. The highest BCUT2D eigenvalue weighted by atomic mass is 35.5. The van der Waals surface area contributed by atoms with Crippen molar-refractivity contribution in [2.75, 3.05) is 12.3 Å². The summed E-state index contributed by atoms with van der Waals surface area (Å²) in [5, 5.41) is 12.8. The van der Waals surface area contributed by atoms with E-state index >= 15 is 4.39 Å². The molecular weight excluding hydrogens is 457 g/mol. The molecular formula is C25H23ClFN5O2. The molecule has 2 aromatic carbocycles. The number of aliphatic hydroxyl groups is 1. The molecule has 0 aliphatic rings. The number of hydrogen-bond donors (Lipinski definition) is 3. The minimum atomic E-state index is -0.732. The van der Waals surface area contributed by atoms with E-state index in [0.29, 0.717) is 21.7 Å². The van der Waals surface area contributed by atoms with Gasteiger partial charge in [-0.1, -0.05) is 29.8 Å². The first-order chi connectivity index (χ1) is 16.3. The molecule has 4 N–H and O–H groups in total. The molecule has 9 heteroatoms. The monoisotopic (exact) mass is 479 g/mol. The van der Waals surface area contributed by atoms with Crippen LogP contribution in [0.2, 0.25) is 5.02 Å². The Labute approximate surface area is 201 Å². The van der Waals surface area contributed by atoms with E-state index in [1.165, 1.54) is 12.1 Å². The van der Waals surface area contributed by atoms with Crippen molar-refractivity contribution < 1.29 is 14.3 Å². The number of anilines is 1. The average Bonchev–Trinajstić information content (AvgIpc) is 3.15. The number of nitrogens with zero attached hydrogens (tertiary/aromatic N) is 3. The zero-order chi connectivity index (χ0) is 24.4. The lowest BCUT2D eigenvalue weighted by molar-refractivity contribution is 0.0912. The average molecular weight is 480 g/mol. The number of rotatable bonds is 6. The first-order valence-corrected chi connectivity index (χ1v) is 10.9. The van der Waals surface area contributed by atoms with Crippen LogP contribution in [0.15, 0.2) is 60.9 Å². The molecule has 0 bridgehead atoms. The molecule has 7 nitrogen and oxygen atoms in total. The van der Waals surface area contributed by atoms with Crippen LogP contribution in [-0.2, 0) is 7.05 Å². The molecule has 0 saturated carbocycles.